The molecule has 0 aromatic heterocycles. The Morgan fingerprint density at radius 1 is 0.833 bits per heavy atom. The van der Waals surface area contributed by atoms with Crippen molar-refractivity contribution in [1.82, 2.24) is 20.2 Å². The Labute approximate surface area is 150 Å². The molecule has 2 heterocycles. The number of hydrogen-bond donors (Lipinski definition) is 2. The quantitative estimate of drug-likeness (QED) is 0.786. The zero-order chi connectivity index (χ0) is 16.9. The second kappa shape index (κ2) is 8.11. The van der Waals surface area contributed by atoms with Gasteiger partial charge >= 0.3 is 0 Å². The van der Waals surface area contributed by atoms with Crippen LogP contribution in [0, 0.1) is 0 Å². The SMILES string of the molecule is CN1CCN(NC(=S)Nc2ccc(N3CCN(C)CC3)cc2)CC1. The number of nitrogens with one attached hydrogen (secondary N) is 2. The van der Waals surface area contributed by atoms with Crippen molar-refractivity contribution in [2.45, 2.75) is 0 Å². The first-order chi connectivity index (χ1) is 11.6. The predicted molar refractivity (Wildman–Crippen MR) is 105 cm³/mol. The van der Waals surface area contributed by atoms with Crippen molar-refractivity contribution in [3.05, 3.63) is 24.3 Å². The van der Waals surface area contributed by atoms with Crippen LogP contribution >= 0.6 is 12.2 Å². The summed E-state index contributed by atoms with van der Waals surface area (Å²) in [5.74, 6) is 0. The molecule has 2 aliphatic heterocycles. The minimum Gasteiger partial charge on any atom is -0.369 e. The molecule has 2 N–H and O–H groups in total. The molecule has 3 rings (SSSR count). The zero-order valence-corrected chi connectivity index (χ0v) is 15.5. The van der Waals surface area contributed by atoms with E-state index in [-0.39, 0.29) is 0 Å². The van der Waals surface area contributed by atoms with E-state index in [2.05, 4.69) is 68.8 Å². The molecule has 2 aliphatic rings. The molecule has 0 atom stereocenters. The zero-order valence-electron chi connectivity index (χ0n) is 14.7. The van der Waals surface area contributed by atoms with E-state index in [1.54, 1.807) is 0 Å². The molecule has 2 saturated heterocycles. The largest absolute Gasteiger partial charge is 0.369 e. The summed E-state index contributed by atoms with van der Waals surface area (Å²) in [7, 11) is 4.33. The second-order valence-electron chi connectivity index (χ2n) is 6.69. The molecule has 6 nitrogen and oxygen atoms in total. The number of benzene rings is 1. The summed E-state index contributed by atoms with van der Waals surface area (Å²) in [6.45, 7) is 8.53. The Balaban J connectivity index is 1.48. The van der Waals surface area contributed by atoms with Crippen LogP contribution in [0.25, 0.3) is 0 Å². The first-order valence-corrected chi connectivity index (χ1v) is 9.06. The maximum Gasteiger partial charge on any atom is 0.185 e. The maximum absolute atomic E-state index is 5.42. The fraction of sp³-hybridized carbons (Fsp3) is 0.588. The maximum atomic E-state index is 5.42. The Hall–Kier alpha value is -1.41. The fourth-order valence-electron chi connectivity index (χ4n) is 3.04. The summed E-state index contributed by atoms with van der Waals surface area (Å²) in [4.78, 5) is 7.13. The molecule has 1 aromatic rings. The second-order valence-corrected chi connectivity index (χ2v) is 7.10. The van der Waals surface area contributed by atoms with Crippen LogP contribution < -0.4 is 15.6 Å². The molecule has 7 heteroatoms. The lowest BCUT2D eigenvalue weighted by Crippen LogP contribution is -2.53. The van der Waals surface area contributed by atoms with Gasteiger partial charge in [-0.1, -0.05) is 0 Å². The van der Waals surface area contributed by atoms with E-state index in [1.165, 1.54) is 5.69 Å². The van der Waals surface area contributed by atoms with Gasteiger partial charge in [0.1, 0.15) is 0 Å². The van der Waals surface area contributed by atoms with E-state index in [9.17, 15) is 0 Å². The summed E-state index contributed by atoms with van der Waals surface area (Å²) in [6.07, 6.45) is 0. The average Bonchev–Trinajstić information content (AvgIpc) is 2.58. The summed E-state index contributed by atoms with van der Waals surface area (Å²) in [5.41, 5.74) is 5.59. The van der Waals surface area contributed by atoms with Gasteiger partial charge in [0.25, 0.3) is 0 Å². The summed E-state index contributed by atoms with van der Waals surface area (Å²) < 4.78 is 0. The highest BCUT2D eigenvalue weighted by molar-refractivity contribution is 7.80. The van der Waals surface area contributed by atoms with Crippen molar-refractivity contribution in [3.8, 4) is 0 Å². The smallest absolute Gasteiger partial charge is 0.185 e. The molecule has 0 amide bonds. The molecule has 1 aromatic carbocycles. The van der Waals surface area contributed by atoms with Crippen molar-refractivity contribution in [2.24, 2.45) is 0 Å². The van der Waals surface area contributed by atoms with Gasteiger partial charge in [0.2, 0.25) is 0 Å². The Morgan fingerprint density at radius 3 is 1.96 bits per heavy atom. The average molecular weight is 349 g/mol. The molecule has 0 spiro atoms. The van der Waals surface area contributed by atoms with E-state index in [0.29, 0.717) is 5.11 Å². The van der Waals surface area contributed by atoms with Crippen molar-refractivity contribution in [2.75, 3.05) is 76.7 Å². The molecular formula is C17H28N6S. The van der Waals surface area contributed by atoms with E-state index >= 15 is 0 Å². The Morgan fingerprint density at radius 2 is 1.38 bits per heavy atom. The third-order valence-electron chi connectivity index (χ3n) is 4.76. The van der Waals surface area contributed by atoms with Gasteiger partial charge in [-0.05, 0) is 50.6 Å². The Bertz CT molecular complexity index is 533. The van der Waals surface area contributed by atoms with Crippen molar-refractivity contribution in [3.63, 3.8) is 0 Å². The van der Waals surface area contributed by atoms with Gasteiger partial charge in [-0.25, -0.2) is 5.01 Å². The lowest BCUT2D eigenvalue weighted by molar-refractivity contribution is 0.131. The van der Waals surface area contributed by atoms with E-state index < -0.39 is 0 Å². The molecule has 0 unspecified atom stereocenters. The van der Waals surface area contributed by atoms with Gasteiger partial charge in [-0.3, -0.25) is 5.43 Å². The topological polar surface area (TPSA) is 37.0 Å². The van der Waals surface area contributed by atoms with Crippen LogP contribution in [0.15, 0.2) is 24.3 Å². The van der Waals surface area contributed by atoms with Crippen molar-refractivity contribution >= 4 is 28.7 Å². The van der Waals surface area contributed by atoms with E-state index in [1.807, 2.05) is 0 Å². The van der Waals surface area contributed by atoms with Gasteiger partial charge in [-0.2, -0.15) is 0 Å². The number of hydrazine groups is 1. The standard InChI is InChI=1S/C17H28N6S/c1-20-7-11-22(12-8-20)16-5-3-15(4-6-16)18-17(24)19-23-13-9-21(2)10-14-23/h3-6H,7-14H2,1-2H3,(H2,18,19,24). The van der Waals surface area contributed by atoms with Crippen LogP contribution in [0.1, 0.15) is 0 Å². The predicted octanol–water partition coefficient (Wildman–Crippen LogP) is 0.887. The molecular weight excluding hydrogens is 320 g/mol. The van der Waals surface area contributed by atoms with Crippen LogP contribution in [-0.2, 0) is 0 Å². The number of nitrogens with zero attached hydrogens (tertiary/aromatic N) is 4. The van der Waals surface area contributed by atoms with Crippen LogP contribution in [0.4, 0.5) is 11.4 Å². The first kappa shape index (κ1) is 17.4. The third-order valence-corrected chi connectivity index (χ3v) is 4.95. The summed E-state index contributed by atoms with van der Waals surface area (Å²) >= 11 is 5.42. The first-order valence-electron chi connectivity index (χ1n) is 8.65. The van der Waals surface area contributed by atoms with Crippen molar-refractivity contribution < 1.29 is 0 Å². The monoisotopic (exact) mass is 348 g/mol. The Kier molecular flexibility index (Phi) is 5.89. The van der Waals surface area contributed by atoms with Gasteiger partial charge < -0.3 is 20.0 Å². The molecule has 0 aliphatic carbocycles. The van der Waals surface area contributed by atoms with E-state index in [0.717, 1.165) is 58.0 Å². The van der Waals surface area contributed by atoms with Gasteiger partial charge in [-0.15, -0.1) is 0 Å². The summed E-state index contributed by atoms with van der Waals surface area (Å²) in [5, 5.41) is 6.11. The highest BCUT2D eigenvalue weighted by atomic mass is 32.1. The van der Waals surface area contributed by atoms with Crippen LogP contribution in [0.5, 0.6) is 0 Å². The van der Waals surface area contributed by atoms with Crippen LogP contribution in [0.2, 0.25) is 0 Å². The molecule has 132 valence electrons. The highest BCUT2D eigenvalue weighted by Crippen LogP contribution is 2.19. The van der Waals surface area contributed by atoms with E-state index in [4.69, 9.17) is 12.2 Å². The lowest BCUT2D eigenvalue weighted by atomic mass is 10.2. The number of piperazine rings is 2. The summed E-state index contributed by atoms with van der Waals surface area (Å²) in [6, 6.07) is 8.55. The number of hydrogen-bond acceptors (Lipinski definition) is 5. The molecule has 24 heavy (non-hydrogen) atoms. The molecule has 0 saturated carbocycles. The fourth-order valence-corrected chi connectivity index (χ4v) is 3.29. The van der Waals surface area contributed by atoms with Gasteiger partial charge in [0.05, 0.1) is 0 Å². The molecule has 0 bridgehead atoms. The number of anilines is 2. The molecule has 2 fully saturated rings. The lowest BCUT2D eigenvalue weighted by Gasteiger charge is -2.34. The molecule has 0 radical (unpaired) electrons. The highest BCUT2D eigenvalue weighted by Gasteiger charge is 2.15. The van der Waals surface area contributed by atoms with Crippen LogP contribution in [-0.4, -0.2) is 86.4 Å². The van der Waals surface area contributed by atoms with Gasteiger partial charge in [0.15, 0.2) is 5.11 Å². The normalized spacial score (nSPS) is 20.8. The van der Waals surface area contributed by atoms with Gasteiger partial charge in [0, 0.05) is 63.7 Å². The minimum atomic E-state index is 0.659. The number of rotatable bonds is 3. The number of thiocarbonyl (C=S) groups is 1. The minimum absolute atomic E-state index is 0.659. The van der Waals surface area contributed by atoms with Crippen LogP contribution in [0.3, 0.4) is 0 Å². The third kappa shape index (κ3) is 4.80. The number of likely N-dealkylation sites (N-methyl/N-ethyl adjacent to an activating group) is 2. The van der Waals surface area contributed by atoms with Crippen molar-refractivity contribution in [1.29, 1.82) is 0 Å².